The molecule has 0 radical (unpaired) electrons. The van der Waals surface area contributed by atoms with E-state index in [0.717, 1.165) is 17.1 Å². The Kier molecular flexibility index (Phi) is 4.03. The Morgan fingerprint density at radius 3 is 2.80 bits per heavy atom. The van der Waals surface area contributed by atoms with Crippen LogP contribution in [-0.2, 0) is 4.79 Å². The molecule has 0 unspecified atom stereocenters. The van der Waals surface area contributed by atoms with Crippen LogP contribution in [0.2, 0.25) is 0 Å². The second-order valence-electron chi connectivity index (χ2n) is 4.54. The van der Waals surface area contributed by atoms with Gasteiger partial charge >= 0.3 is 0 Å². The highest BCUT2D eigenvalue weighted by Gasteiger charge is 2.35. The molecule has 2 atom stereocenters. The molecule has 0 aliphatic carbocycles. The third-order valence-electron chi connectivity index (χ3n) is 3.27. The van der Waals surface area contributed by atoms with Gasteiger partial charge in [-0.05, 0) is 17.7 Å². The summed E-state index contributed by atoms with van der Waals surface area (Å²) in [5.74, 6) is 1.64. The molecule has 0 N–H and O–H groups in total. The topological polar surface area (TPSA) is 33.5 Å². The molecule has 20 heavy (non-hydrogen) atoms. The Labute approximate surface area is 126 Å². The van der Waals surface area contributed by atoms with Crippen LogP contribution in [0.15, 0.2) is 53.1 Å². The number of nitrogens with zero attached hydrogens (tertiary/aromatic N) is 1. The van der Waals surface area contributed by atoms with Crippen molar-refractivity contribution >= 4 is 29.3 Å². The third kappa shape index (κ3) is 2.58. The van der Waals surface area contributed by atoms with Gasteiger partial charge in [-0.25, -0.2) is 0 Å². The fourth-order valence-corrected chi connectivity index (χ4v) is 3.76. The summed E-state index contributed by atoms with van der Waals surface area (Å²) >= 11 is 8.03. The highest BCUT2D eigenvalue weighted by Crippen LogP contribution is 2.40. The van der Waals surface area contributed by atoms with Gasteiger partial charge in [-0.1, -0.05) is 30.3 Å². The first-order valence-electron chi connectivity index (χ1n) is 6.42. The first-order valence-corrected chi connectivity index (χ1v) is 7.90. The quantitative estimate of drug-likeness (QED) is 0.808. The minimum Gasteiger partial charge on any atom is -0.466 e. The van der Waals surface area contributed by atoms with Crippen molar-refractivity contribution in [1.29, 1.82) is 0 Å². The summed E-state index contributed by atoms with van der Waals surface area (Å²) in [5, 5.41) is -0.713. The molecule has 1 saturated heterocycles. The summed E-state index contributed by atoms with van der Waals surface area (Å²) in [6.07, 6.45) is 1.63. The Hall–Kier alpha value is -1.39. The Bertz CT molecular complexity index is 573. The molecule has 0 saturated carbocycles. The SMILES string of the molecule is O=C([C@H](Cl)c1ccccc1)N1CCS[C@@H]1c1ccco1. The maximum Gasteiger partial charge on any atom is 0.246 e. The molecule has 1 aliphatic rings. The minimum atomic E-state index is -0.646. The largest absolute Gasteiger partial charge is 0.466 e. The number of rotatable bonds is 3. The zero-order chi connectivity index (χ0) is 13.9. The third-order valence-corrected chi connectivity index (χ3v) is 4.93. The first-order chi connectivity index (χ1) is 9.77. The van der Waals surface area contributed by atoms with E-state index in [1.807, 2.05) is 42.5 Å². The van der Waals surface area contributed by atoms with Crippen LogP contribution in [0.3, 0.4) is 0 Å². The molecular weight excluding hydrogens is 294 g/mol. The van der Waals surface area contributed by atoms with Crippen molar-refractivity contribution in [2.75, 3.05) is 12.3 Å². The molecule has 1 fully saturated rings. The smallest absolute Gasteiger partial charge is 0.246 e. The van der Waals surface area contributed by atoms with E-state index in [9.17, 15) is 4.79 Å². The molecule has 2 heterocycles. The molecule has 2 aromatic rings. The van der Waals surface area contributed by atoms with Gasteiger partial charge in [-0.15, -0.1) is 23.4 Å². The van der Waals surface area contributed by atoms with Gasteiger partial charge in [0.05, 0.1) is 6.26 Å². The average Bonchev–Trinajstić information content (AvgIpc) is 3.16. The Morgan fingerprint density at radius 1 is 1.30 bits per heavy atom. The fraction of sp³-hybridized carbons (Fsp3) is 0.267. The van der Waals surface area contributed by atoms with E-state index in [2.05, 4.69) is 0 Å². The van der Waals surface area contributed by atoms with Crippen molar-refractivity contribution in [1.82, 2.24) is 4.90 Å². The number of halogens is 1. The predicted octanol–water partition coefficient (Wildman–Crippen LogP) is 3.83. The normalized spacial score (nSPS) is 20.1. The van der Waals surface area contributed by atoms with Gasteiger partial charge in [-0.2, -0.15) is 0 Å². The molecule has 1 aromatic carbocycles. The van der Waals surface area contributed by atoms with Crippen LogP contribution in [0.1, 0.15) is 22.1 Å². The van der Waals surface area contributed by atoms with Crippen LogP contribution in [0, 0.1) is 0 Å². The van der Waals surface area contributed by atoms with Gasteiger partial charge in [0.25, 0.3) is 0 Å². The molecule has 5 heteroatoms. The lowest BCUT2D eigenvalue weighted by Crippen LogP contribution is -2.32. The van der Waals surface area contributed by atoms with Gasteiger partial charge in [0.15, 0.2) is 0 Å². The number of thioether (sulfide) groups is 1. The van der Waals surface area contributed by atoms with Gasteiger partial charge < -0.3 is 9.32 Å². The maximum atomic E-state index is 12.6. The van der Waals surface area contributed by atoms with Crippen LogP contribution in [0.25, 0.3) is 0 Å². The molecule has 0 bridgehead atoms. The molecule has 3 nitrogen and oxygen atoms in total. The predicted molar refractivity (Wildman–Crippen MR) is 80.7 cm³/mol. The summed E-state index contributed by atoms with van der Waals surface area (Å²) in [5.41, 5.74) is 0.828. The molecule has 0 spiro atoms. The van der Waals surface area contributed by atoms with Gasteiger partial charge in [0, 0.05) is 12.3 Å². The lowest BCUT2D eigenvalue weighted by molar-refractivity contribution is -0.131. The van der Waals surface area contributed by atoms with Crippen molar-refractivity contribution < 1.29 is 9.21 Å². The number of hydrogen-bond acceptors (Lipinski definition) is 3. The molecule has 1 aliphatic heterocycles. The van der Waals surface area contributed by atoms with E-state index in [-0.39, 0.29) is 11.3 Å². The Balaban J connectivity index is 1.79. The van der Waals surface area contributed by atoms with E-state index >= 15 is 0 Å². The molecule has 104 valence electrons. The maximum absolute atomic E-state index is 12.6. The minimum absolute atomic E-state index is 0.0655. The van der Waals surface area contributed by atoms with E-state index in [0.29, 0.717) is 6.54 Å². The molecule has 3 rings (SSSR count). The summed E-state index contributed by atoms with van der Waals surface area (Å²) in [6, 6.07) is 13.2. The van der Waals surface area contributed by atoms with Crippen molar-refractivity contribution in [3.8, 4) is 0 Å². The van der Waals surface area contributed by atoms with Crippen molar-refractivity contribution in [3.63, 3.8) is 0 Å². The second-order valence-corrected chi connectivity index (χ2v) is 6.17. The standard InChI is InChI=1S/C15H14ClNO2S/c16-13(11-5-2-1-3-6-11)14(18)17-8-10-20-15(17)12-7-4-9-19-12/h1-7,9,13,15H,8,10H2/t13-,15-/m1/s1. The fourth-order valence-electron chi connectivity index (χ4n) is 2.27. The number of carbonyl (C=O) groups is 1. The lowest BCUT2D eigenvalue weighted by Gasteiger charge is -2.24. The monoisotopic (exact) mass is 307 g/mol. The zero-order valence-corrected chi connectivity index (χ0v) is 12.3. The summed E-state index contributed by atoms with van der Waals surface area (Å²) in [7, 11) is 0. The Morgan fingerprint density at radius 2 is 2.10 bits per heavy atom. The van der Waals surface area contributed by atoms with E-state index in [4.69, 9.17) is 16.0 Å². The number of carbonyl (C=O) groups excluding carboxylic acids is 1. The first kappa shape index (κ1) is 13.6. The van der Waals surface area contributed by atoms with Crippen LogP contribution in [-0.4, -0.2) is 23.1 Å². The van der Waals surface area contributed by atoms with Gasteiger partial charge in [-0.3, -0.25) is 4.79 Å². The highest BCUT2D eigenvalue weighted by molar-refractivity contribution is 7.99. The summed E-state index contributed by atoms with van der Waals surface area (Å²) in [4.78, 5) is 14.4. The van der Waals surface area contributed by atoms with E-state index in [1.54, 1.807) is 22.9 Å². The summed E-state index contributed by atoms with van der Waals surface area (Å²) < 4.78 is 5.43. The average molecular weight is 308 g/mol. The number of alkyl halides is 1. The van der Waals surface area contributed by atoms with Crippen molar-refractivity contribution in [2.45, 2.75) is 10.8 Å². The lowest BCUT2D eigenvalue weighted by atomic mass is 10.1. The molecular formula is C15H14ClNO2S. The van der Waals surface area contributed by atoms with Crippen molar-refractivity contribution in [2.24, 2.45) is 0 Å². The highest BCUT2D eigenvalue weighted by atomic mass is 35.5. The van der Waals surface area contributed by atoms with Crippen LogP contribution < -0.4 is 0 Å². The van der Waals surface area contributed by atoms with Crippen molar-refractivity contribution in [3.05, 3.63) is 60.1 Å². The van der Waals surface area contributed by atoms with Crippen LogP contribution in [0.5, 0.6) is 0 Å². The van der Waals surface area contributed by atoms with Gasteiger partial charge in [0.2, 0.25) is 5.91 Å². The zero-order valence-electron chi connectivity index (χ0n) is 10.7. The second kappa shape index (κ2) is 5.94. The number of amides is 1. The van der Waals surface area contributed by atoms with E-state index < -0.39 is 5.38 Å². The number of furan rings is 1. The summed E-state index contributed by atoms with van der Waals surface area (Å²) in [6.45, 7) is 0.699. The molecule has 1 aromatic heterocycles. The van der Waals surface area contributed by atoms with Gasteiger partial charge in [0.1, 0.15) is 16.5 Å². The number of hydrogen-bond donors (Lipinski definition) is 0. The van der Waals surface area contributed by atoms with Crippen LogP contribution >= 0.6 is 23.4 Å². The van der Waals surface area contributed by atoms with E-state index in [1.165, 1.54) is 0 Å². The number of benzene rings is 1. The molecule has 1 amide bonds. The van der Waals surface area contributed by atoms with Crippen LogP contribution in [0.4, 0.5) is 0 Å².